The SMILES string of the molecule is CC=CC(=O)OCCCC[Si](OCC)(OCC)OCC. The van der Waals surface area contributed by atoms with Gasteiger partial charge in [-0.2, -0.15) is 0 Å². The Labute approximate surface area is 123 Å². The molecule has 0 aliphatic rings. The lowest BCUT2D eigenvalue weighted by Crippen LogP contribution is -2.45. The van der Waals surface area contributed by atoms with Crippen LogP contribution in [0.1, 0.15) is 40.5 Å². The van der Waals surface area contributed by atoms with Crippen LogP contribution in [0.25, 0.3) is 0 Å². The second kappa shape index (κ2) is 12.1. The second-order valence-corrected chi connectivity index (χ2v) is 6.84. The number of rotatable bonds is 12. The number of esters is 1. The molecule has 118 valence electrons. The first-order chi connectivity index (χ1) is 9.64. The molecule has 0 fully saturated rings. The lowest BCUT2D eigenvalue weighted by molar-refractivity contribution is -0.137. The van der Waals surface area contributed by atoms with Crippen molar-refractivity contribution in [3.8, 4) is 0 Å². The number of hydrogen-bond acceptors (Lipinski definition) is 5. The summed E-state index contributed by atoms with van der Waals surface area (Å²) in [5, 5.41) is 0. The molecule has 0 aliphatic heterocycles. The molecule has 0 unspecified atom stereocenters. The standard InChI is InChI=1S/C14H28O5Si/c1-5-11-14(15)16-12-9-10-13-20(17-6-2,18-7-3)19-8-4/h5,11H,6-10,12-13H2,1-4H3. The van der Waals surface area contributed by atoms with Crippen molar-refractivity contribution >= 4 is 14.8 Å². The molecule has 5 nitrogen and oxygen atoms in total. The van der Waals surface area contributed by atoms with Gasteiger partial charge in [-0.25, -0.2) is 4.79 Å². The van der Waals surface area contributed by atoms with Crippen molar-refractivity contribution in [3.63, 3.8) is 0 Å². The van der Waals surface area contributed by atoms with Crippen LogP contribution in [0, 0.1) is 0 Å². The molecule has 0 spiro atoms. The summed E-state index contributed by atoms with van der Waals surface area (Å²) >= 11 is 0. The van der Waals surface area contributed by atoms with Gasteiger partial charge in [-0.3, -0.25) is 0 Å². The lowest BCUT2D eigenvalue weighted by atomic mass is 10.3. The average Bonchev–Trinajstić information content (AvgIpc) is 2.39. The molecule has 0 aliphatic carbocycles. The van der Waals surface area contributed by atoms with Crippen LogP contribution in [0.2, 0.25) is 6.04 Å². The molecule has 0 heterocycles. The van der Waals surface area contributed by atoms with Crippen molar-refractivity contribution in [1.82, 2.24) is 0 Å². The molecule has 0 atom stereocenters. The molecule has 0 saturated heterocycles. The lowest BCUT2D eigenvalue weighted by Gasteiger charge is -2.28. The summed E-state index contributed by atoms with van der Waals surface area (Å²) in [6.45, 7) is 9.79. The van der Waals surface area contributed by atoms with E-state index in [2.05, 4.69) is 0 Å². The fourth-order valence-electron chi connectivity index (χ4n) is 1.80. The van der Waals surface area contributed by atoms with Crippen molar-refractivity contribution < 1.29 is 22.8 Å². The van der Waals surface area contributed by atoms with Crippen molar-refractivity contribution in [3.05, 3.63) is 12.2 Å². The van der Waals surface area contributed by atoms with Crippen LogP contribution in [-0.4, -0.2) is 41.2 Å². The molecule has 0 aromatic rings. The highest BCUT2D eigenvalue weighted by atomic mass is 28.4. The van der Waals surface area contributed by atoms with Crippen LogP contribution in [0.15, 0.2) is 12.2 Å². The Bertz CT molecular complexity index is 264. The van der Waals surface area contributed by atoms with Gasteiger partial charge in [0.1, 0.15) is 0 Å². The minimum atomic E-state index is -2.54. The van der Waals surface area contributed by atoms with E-state index in [0.29, 0.717) is 26.4 Å². The Balaban J connectivity index is 4.08. The minimum Gasteiger partial charge on any atom is -0.463 e. The third-order valence-electron chi connectivity index (χ3n) is 2.52. The highest BCUT2D eigenvalue weighted by molar-refractivity contribution is 6.60. The van der Waals surface area contributed by atoms with Crippen molar-refractivity contribution in [2.24, 2.45) is 0 Å². The molecule has 6 heteroatoms. The molecule has 0 bridgehead atoms. The monoisotopic (exact) mass is 304 g/mol. The van der Waals surface area contributed by atoms with Crippen LogP contribution >= 0.6 is 0 Å². The van der Waals surface area contributed by atoms with Crippen molar-refractivity contribution in [1.29, 1.82) is 0 Å². The summed E-state index contributed by atoms with van der Waals surface area (Å²) in [6.07, 6.45) is 4.72. The van der Waals surface area contributed by atoms with Crippen molar-refractivity contribution in [2.45, 2.75) is 46.6 Å². The summed E-state index contributed by atoms with van der Waals surface area (Å²) in [7, 11) is -2.54. The van der Waals surface area contributed by atoms with E-state index in [1.807, 2.05) is 20.8 Å². The largest absolute Gasteiger partial charge is 0.500 e. The normalized spacial score (nSPS) is 12.0. The van der Waals surface area contributed by atoms with Gasteiger partial charge in [-0.15, -0.1) is 0 Å². The number of allylic oxidation sites excluding steroid dienone is 1. The first kappa shape index (κ1) is 19.3. The van der Waals surface area contributed by atoms with Gasteiger partial charge in [0.2, 0.25) is 0 Å². The van der Waals surface area contributed by atoms with Crippen LogP contribution in [0.5, 0.6) is 0 Å². The smallest absolute Gasteiger partial charge is 0.463 e. The van der Waals surface area contributed by atoms with Gasteiger partial charge in [0.05, 0.1) is 6.61 Å². The fourth-order valence-corrected chi connectivity index (χ4v) is 4.49. The highest BCUT2D eigenvalue weighted by Gasteiger charge is 2.39. The minimum absolute atomic E-state index is 0.296. The van der Waals surface area contributed by atoms with Gasteiger partial charge >= 0.3 is 14.8 Å². The maximum atomic E-state index is 11.1. The third kappa shape index (κ3) is 8.47. The predicted octanol–water partition coefficient (Wildman–Crippen LogP) is 2.93. The van der Waals surface area contributed by atoms with Gasteiger partial charge in [-0.1, -0.05) is 6.08 Å². The maximum absolute atomic E-state index is 11.1. The number of carbonyl (C=O) groups excluding carboxylic acids is 1. The Morgan fingerprint density at radius 3 is 2.00 bits per heavy atom. The molecule has 0 amide bonds. The molecule has 0 aromatic heterocycles. The topological polar surface area (TPSA) is 54.0 Å². The van der Waals surface area contributed by atoms with Gasteiger partial charge in [0.15, 0.2) is 0 Å². The molecule has 0 rings (SSSR count). The van der Waals surface area contributed by atoms with Gasteiger partial charge < -0.3 is 18.0 Å². The van der Waals surface area contributed by atoms with Crippen LogP contribution < -0.4 is 0 Å². The molecule has 0 radical (unpaired) electrons. The third-order valence-corrected chi connectivity index (χ3v) is 5.67. The fraction of sp³-hybridized carbons (Fsp3) is 0.786. The van der Waals surface area contributed by atoms with Gasteiger partial charge in [0, 0.05) is 31.9 Å². The second-order valence-electron chi connectivity index (χ2n) is 4.11. The molecule has 0 saturated carbocycles. The summed E-state index contributed by atoms with van der Waals surface area (Å²) in [6, 6.07) is 0.754. The zero-order chi connectivity index (χ0) is 15.3. The van der Waals surface area contributed by atoms with E-state index >= 15 is 0 Å². The van der Waals surface area contributed by atoms with E-state index in [-0.39, 0.29) is 5.97 Å². The van der Waals surface area contributed by atoms with Crippen LogP contribution in [-0.2, 0) is 22.8 Å². The van der Waals surface area contributed by atoms with E-state index in [1.165, 1.54) is 6.08 Å². The summed E-state index contributed by atoms with van der Waals surface area (Å²) in [4.78, 5) is 11.1. The first-order valence-electron chi connectivity index (χ1n) is 7.35. The maximum Gasteiger partial charge on any atom is 0.500 e. The van der Waals surface area contributed by atoms with Crippen LogP contribution in [0.3, 0.4) is 0 Å². The van der Waals surface area contributed by atoms with Crippen molar-refractivity contribution in [2.75, 3.05) is 26.4 Å². The summed E-state index contributed by atoms with van der Waals surface area (Å²) in [5.74, 6) is -0.296. The Kier molecular flexibility index (Phi) is 11.7. The predicted molar refractivity (Wildman–Crippen MR) is 80.4 cm³/mol. The number of unbranched alkanes of at least 4 members (excludes halogenated alkanes) is 1. The summed E-state index contributed by atoms with van der Waals surface area (Å²) in [5.41, 5.74) is 0. The molecule has 0 aromatic carbocycles. The average molecular weight is 304 g/mol. The van der Waals surface area contributed by atoms with E-state index in [9.17, 15) is 4.79 Å². The first-order valence-corrected chi connectivity index (χ1v) is 9.28. The number of ether oxygens (including phenoxy) is 1. The number of hydrogen-bond donors (Lipinski definition) is 0. The van der Waals surface area contributed by atoms with E-state index in [1.54, 1.807) is 13.0 Å². The molecular weight excluding hydrogens is 276 g/mol. The van der Waals surface area contributed by atoms with Gasteiger partial charge in [-0.05, 0) is 40.5 Å². The van der Waals surface area contributed by atoms with E-state index in [4.69, 9.17) is 18.0 Å². The van der Waals surface area contributed by atoms with Crippen LogP contribution in [0.4, 0.5) is 0 Å². The quantitative estimate of drug-likeness (QED) is 0.240. The van der Waals surface area contributed by atoms with Gasteiger partial charge in [0.25, 0.3) is 0 Å². The number of carbonyl (C=O) groups is 1. The Hall–Kier alpha value is -0.693. The molecule has 20 heavy (non-hydrogen) atoms. The van der Waals surface area contributed by atoms with E-state index < -0.39 is 8.80 Å². The zero-order valence-electron chi connectivity index (χ0n) is 13.1. The Morgan fingerprint density at radius 1 is 1.00 bits per heavy atom. The Morgan fingerprint density at radius 2 is 1.55 bits per heavy atom. The molecule has 0 N–H and O–H groups in total. The summed E-state index contributed by atoms with van der Waals surface area (Å²) < 4.78 is 22.3. The van der Waals surface area contributed by atoms with E-state index in [0.717, 1.165) is 18.9 Å². The molecular formula is C14H28O5Si. The highest BCUT2D eigenvalue weighted by Crippen LogP contribution is 2.19. The zero-order valence-corrected chi connectivity index (χ0v) is 14.1.